The maximum Gasteiger partial charge on any atom is 0.0408 e. The molecule has 16 heavy (non-hydrogen) atoms. The lowest BCUT2D eigenvalue weighted by Gasteiger charge is -2.14. The van der Waals surface area contributed by atoms with Crippen LogP contribution >= 0.6 is 24.0 Å². The summed E-state index contributed by atoms with van der Waals surface area (Å²) >= 11 is 5.89. The minimum Gasteiger partial charge on any atom is -0.330 e. The molecule has 1 aromatic rings. The van der Waals surface area contributed by atoms with Gasteiger partial charge in [0.05, 0.1) is 0 Å². The second kappa shape index (κ2) is 7.91. The molecule has 0 heterocycles. The zero-order chi connectivity index (χ0) is 11.3. The third-order valence-corrected chi connectivity index (χ3v) is 2.84. The lowest BCUT2D eigenvalue weighted by molar-refractivity contribution is 0.589. The molecule has 0 aliphatic heterocycles. The highest BCUT2D eigenvalue weighted by molar-refractivity contribution is 6.30. The van der Waals surface area contributed by atoms with Crippen LogP contribution in [0.5, 0.6) is 0 Å². The van der Waals surface area contributed by atoms with E-state index in [2.05, 4.69) is 0 Å². The molecular formula is C12H20Cl2N2. The monoisotopic (exact) mass is 262 g/mol. The molecule has 0 spiro atoms. The van der Waals surface area contributed by atoms with Gasteiger partial charge >= 0.3 is 0 Å². The van der Waals surface area contributed by atoms with Crippen molar-refractivity contribution in [3.63, 3.8) is 0 Å². The first-order valence-electron chi connectivity index (χ1n) is 5.37. The molecule has 0 saturated carbocycles. The van der Waals surface area contributed by atoms with Crippen LogP contribution in [0.4, 0.5) is 0 Å². The number of halogens is 2. The molecule has 0 aliphatic carbocycles. The van der Waals surface area contributed by atoms with Crippen LogP contribution in [0.1, 0.15) is 36.4 Å². The van der Waals surface area contributed by atoms with Gasteiger partial charge in [-0.05, 0) is 49.6 Å². The molecule has 0 unspecified atom stereocenters. The van der Waals surface area contributed by atoms with Gasteiger partial charge in [0.15, 0.2) is 0 Å². The number of unbranched alkanes of at least 4 members (excludes halogenated alkanes) is 1. The van der Waals surface area contributed by atoms with Gasteiger partial charge in [0.2, 0.25) is 0 Å². The number of hydrogen-bond acceptors (Lipinski definition) is 2. The van der Waals surface area contributed by atoms with Crippen LogP contribution < -0.4 is 11.5 Å². The first kappa shape index (κ1) is 15.7. The number of hydrogen-bond donors (Lipinski definition) is 2. The van der Waals surface area contributed by atoms with E-state index in [1.807, 2.05) is 25.1 Å². The smallest absolute Gasteiger partial charge is 0.0408 e. The van der Waals surface area contributed by atoms with Gasteiger partial charge in [0.25, 0.3) is 0 Å². The molecule has 4 N–H and O–H groups in total. The zero-order valence-electron chi connectivity index (χ0n) is 9.58. The third kappa shape index (κ3) is 4.71. The van der Waals surface area contributed by atoms with E-state index in [-0.39, 0.29) is 18.4 Å². The van der Waals surface area contributed by atoms with Crippen LogP contribution in [0.2, 0.25) is 5.02 Å². The summed E-state index contributed by atoms with van der Waals surface area (Å²) in [5, 5.41) is 0.769. The Labute approximate surface area is 109 Å². The van der Waals surface area contributed by atoms with Crippen molar-refractivity contribution in [2.75, 3.05) is 6.54 Å². The van der Waals surface area contributed by atoms with Crippen molar-refractivity contribution in [2.24, 2.45) is 11.5 Å². The number of aryl methyl sites for hydroxylation is 1. The molecule has 1 atom stereocenters. The molecule has 1 aromatic carbocycles. The Balaban J connectivity index is 0.00000225. The SMILES string of the molecule is Cc1cc(Cl)ccc1[C@H](N)CCCCN.Cl. The fourth-order valence-electron chi connectivity index (χ4n) is 1.72. The molecule has 0 bridgehead atoms. The van der Waals surface area contributed by atoms with E-state index >= 15 is 0 Å². The topological polar surface area (TPSA) is 52.0 Å². The summed E-state index contributed by atoms with van der Waals surface area (Å²) in [6, 6.07) is 5.98. The average Bonchev–Trinajstić information content (AvgIpc) is 2.17. The van der Waals surface area contributed by atoms with Gasteiger partial charge in [-0.2, -0.15) is 0 Å². The van der Waals surface area contributed by atoms with Gasteiger partial charge in [-0.1, -0.05) is 24.1 Å². The Morgan fingerprint density at radius 1 is 1.31 bits per heavy atom. The van der Waals surface area contributed by atoms with E-state index in [4.69, 9.17) is 23.1 Å². The Morgan fingerprint density at radius 3 is 2.56 bits per heavy atom. The number of nitrogens with two attached hydrogens (primary N) is 2. The van der Waals surface area contributed by atoms with Crippen molar-refractivity contribution in [1.82, 2.24) is 0 Å². The van der Waals surface area contributed by atoms with E-state index in [0.29, 0.717) is 0 Å². The van der Waals surface area contributed by atoms with Crippen LogP contribution in [-0.2, 0) is 0 Å². The van der Waals surface area contributed by atoms with E-state index in [1.54, 1.807) is 0 Å². The summed E-state index contributed by atoms with van der Waals surface area (Å²) < 4.78 is 0. The van der Waals surface area contributed by atoms with Crippen molar-refractivity contribution >= 4 is 24.0 Å². The molecule has 92 valence electrons. The predicted molar refractivity (Wildman–Crippen MR) is 73.3 cm³/mol. The van der Waals surface area contributed by atoms with Gasteiger partial charge in [-0.3, -0.25) is 0 Å². The van der Waals surface area contributed by atoms with Crippen molar-refractivity contribution in [3.8, 4) is 0 Å². The molecule has 4 heteroatoms. The van der Waals surface area contributed by atoms with Crippen molar-refractivity contribution in [2.45, 2.75) is 32.2 Å². The molecule has 0 saturated heterocycles. The van der Waals surface area contributed by atoms with Gasteiger partial charge < -0.3 is 11.5 Å². The van der Waals surface area contributed by atoms with Gasteiger partial charge in [0.1, 0.15) is 0 Å². The average molecular weight is 263 g/mol. The Hall–Kier alpha value is -0.280. The fourth-order valence-corrected chi connectivity index (χ4v) is 1.95. The minimum absolute atomic E-state index is 0. The highest BCUT2D eigenvalue weighted by atomic mass is 35.5. The quantitative estimate of drug-likeness (QED) is 0.801. The Kier molecular flexibility index (Phi) is 7.77. The number of benzene rings is 1. The van der Waals surface area contributed by atoms with Gasteiger partial charge in [-0.15, -0.1) is 12.4 Å². The summed E-state index contributed by atoms with van der Waals surface area (Å²) in [7, 11) is 0. The molecule has 0 aromatic heterocycles. The summed E-state index contributed by atoms with van der Waals surface area (Å²) in [6.07, 6.45) is 3.11. The fraction of sp³-hybridized carbons (Fsp3) is 0.500. The predicted octanol–water partition coefficient (Wildman–Crippen LogP) is 3.20. The van der Waals surface area contributed by atoms with Gasteiger partial charge in [-0.25, -0.2) is 0 Å². The van der Waals surface area contributed by atoms with Crippen LogP contribution in [0.15, 0.2) is 18.2 Å². The maximum absolute atomic E-state index is 6.10. The summed E-state index contributed by atoms with van der Waals surface area (Å²) in [6.45, 7) is 2.79. The lowest BCUT2D eigenvalue weighted by Crippen LogP contribution is -2.12. The number of rotatable bonds is 5. The zero-order valence-corrected chi connectivity index (χ0v) is 11.2. The molecule has 0 aliphatic rings. The van der Waals surface area contributed by atoms with E-state index in [0.717, 1.165) is 30.8 Å². The molecule has 2 nitrogen and oxygen atoms in total. The minimum atomic E-state index is 0. The van der Waals surface area contributed by atoms with E-state index < -0.39 is 0 Å². The van der Waals surface area contributed by atoms with Crippen LogP contribution in [0.25, 0.3) is 0 Å². The Morgan fingerprint density at radius 2 is 2.00 bits per heavy atom. The first-order chi connectivity index (χ1) is 7.15. The van der Waals surface area contributed by atoms with Crippen LogP contribution in [0, 0.1) is 6.92 Å². The normalized spacial score (nSPS) is 12.0. The molecule has 0 amide bonds. The molecule has 0 radical (unpaired) electrons. The summed E-state index contributed by atoms with van der Waals surface area (Å²) in [5.74, 6) is 0. The van der Waals surface area contributed by atoms with E-state index in [1.165, 1.54) is 11.1 Å². The second-order valence-electron chi connectivity index (χ2n) is 3.89. The van der Waals surface area contributed by atoms with E-state index in [9.17, 15) is 0 Å². The van der Waals surface area contributed by atoms with Crippen molar-refractivity contribution in [1.29, 1.82) is 0 Å². The first-order valence-corrected chi connectivity index (χ1v) is 5.74. The van der Waals surface area contributed by atoms with Crippen LogP contribution in [0.3, 0.4) is 0 Å². The van der Waals surface area contributed by atoms with Crippen molar-refractivity contribution in [3.05, 3.63) is 34.3 Å². The molecule has 0 fully saturated rings. The lowest BCUT2D eigenvalue weighted by atomic mass is 9.98. The third-order valence-electron chi connectivity index (χ3n) is 2.60. The second-order valence-corrected chi connectivity index (χ2v) is 4.33. The molecule has 1 rings (SSSR count). The largest absolute Gasteiger partial charge is 0.330 e. The van der Waals surface area contributed by atoms with Crippen LogP contribution in [-0.4, -0.2) is 6.54 Å². The van der Waals surface area contributed by atoms with Gasteiger partial charge in [0, 0.05) is 11.1 Å². The highest BCUT2D eigenvalue weighted by Gasteiger charge is 2.08. The maximum atomic E-state index is 6.10. The van der Waals surface area contributed by atoms with Crippen molar-refractivity contribution < 1.29 is 0 Å². The Bertz CT molecular complexity index is 316. The summed E-state index contributed by atoms with van der Waals surface area (Å²) in [4.78, 5) is 0. The summed E-state index contributed by atoms with van der Waals surface area (Å²) in [5.41, 5.74) is 13.9. The standard InChI is InChI=1S/C12H19ClN2.ClH/c1-9-8-10(13)5-6-11(9)12(15)4-2-3-7-14;/h5-6,8,12H,2-4,7,14-15H2,1H3;1H/t12-;/m1./s1. The molecular weight excluding hydrogens is 243 g/mol. The highest BCUT2D eigenvalue weighted by Crippen LogP contribution is 2.23.